The van der Waals surface area contributed by atoms with Crippen LogP contribution >= 0.6 is 0 Å². The minimum Gasteiger partial charge on any atom is -0.480 e. The third kappa shape index (κ3) is 6.72. The fourth-order valence-corrected chi connectivity index (χ4v) is 2.12. The summed E-state index contributed by atoms with van der Waals surface area (Å²) in [6, 6.07) is -0.295. The van der Waals surface area contributed by atoms with Crippen LogP contribution in [0.5, 0.6) is 0 Å². The lowest BCUT2D eigenvalue weighted by molar-refractivity contribution is -0.137. The van der Waals surface area contributed by atoms with E-state index >= 15 is 0 Å². The molecule has 1 rings (SSSR count). The standard InChI is InChI=1S/C13H25N3O4/c1-2-5-16(11-12(17)18)13(19)14-4-3-6-15-7-9-20-10-8-15/h2-11H2,1H3,(H,14,19)(H,17,18). The minimum atomic E-state index is -0.984. The molecule has 0 aliphatic carbocycles. The number of carboxylic acid groups (broad SMARTS) is 1. The van der Waals surface area contributed by atoms with Crippen LogP contribution in [0.3, 0.4) is 0 Å². The quantitative estimate of drug-likeness (QED) is 0.624. The number of nitrogens with zero attached hydrogens (tertiary/aromatic N) is 2. The van der Waals surface area contributed by atoms with Crippen molar-refractivity contribution in [2.24, 2.45) is 0 Å². The first-order valence-corrected chi connectivity index (χ1v) is 7.18. The molecule has 2 N–H and O–H groups in total. The lowest BCUT2D eigenvalue weighted by atomic mass is 10.3. The molecule has 1 fully saturated rings. The molecule has 1 aliphatic heterocycles. The number of hydrogen-bond acceptors (Lipinski definition) is 4. The number of rotatable bonds is 8. The maximum Gasteiger partial charge on any atom is 0.323 e. The van der Waals surface area contributed by atoms with Gasteiger partial charge in [0, 0.05) is 26.2 Å². The average Bonchev–Trinajstić information content (AvgIpc) is 2.43. The number of ether oxygens (including phenoxy) is 1. The van der Waals surface area contributed by atoms with Crippen molar-refractivity contribution >= 4 is 12.0 Å². The summed E-state index contributed by atoms with van der Waals surface area (Å²) >= 11 is 0. The number of amides is 2. The summed E-state index contributed by atoms with van der Waals surface area (Å²) in [6.07, 6.45) is 1.60. The molecular weight excluding hydrogens is 262 g/mol. The maximum absolute atomic E-state index is 11.8. The molecule has 0 aromatic heterocycles. The van der Waals surface area contributed by atoms with Crippen molar-refractivity contribution in [3.63, 3.8) is 0 Å². The molecule has 0 aromatic carbocycles. The zero-order valence-electron chi connectivity index (χ0n) is 12.1. The van der Waals surface area contributed by atoms with Gasteiger partial charge in [0.2, 0.25) is 0 Å². The highest BCUT2D eigenvalue weighted by molar-refractivity contribution is 5.80. The number of carboxylic acids is 1. The molecule has 0 aromatic rings. The summed E-state index contributed by atoms with van der Waals surface area (Å²) in [6.45, 7) is 7.05. The van der Waals surface area contributed by atoms with Crippen LogP contribution in [0.4, 0.5) is 4.79 Å². The second kappa shape index (κ2) is 9.55. The molecule has 0 radical (unpaired) electrons. The van der Waals surface area contributed by atoms with Gasteiger partial charge in [0.1, 0.15) is 6.54 Å². The fraction of sp³-hybridized carbons (Fsp3) is 0.846. The molecule has 1 heterocycles. The number of urea groups is 1. The van der Waals surface area contributed by atoms with Gasteiger partial charge in [-0.2, -0.15) is 0 Å². The van der Waals surface area contributed by atoms with Crippen LogP contribution in [0, 0.1) is 0 Å². The molecule has 20 heavy (non-hydrogen) atoms. The first kappa shape index (κ1) is 16.7. The summed E-state index contributed by atoms with van der Waals surface area (Å²) in [7, 11) is 0. The second-order valence-electron chi connectivity index (χ2n) is 4.85. The Morgan fingerprint density at radius 3 is 2.65 bits per heavy atom. The van der Waals surface area contributed by atoms with Gasteiger partial charge < -0.3 is 20.1 Å². The minimum absolute atomic E-state index is 0.247. The first-order chi connectivity index (χ1) is 9.63. The molecule has 0 spiro atoms. The van der Waals surface area contributed by atoms with Gasteiger partial charge in [-0.15, -0.1) is 0 Å². The van der Waals surface area contributed by atoms with Gasteiger partial charge in [0.15, 0.2) is 0 Å². The van der Waals surface area contributed by atoms with E-state index < -0.39 is 5.97 Å². The van der Waals surface area contributed by atoms with Crippen LogP contribution in [0.2, 0.25) is 0 Å². The number of carbonyl (C=O) groups excluding carboxylic acids is 1. The number of morpholine rings is 1. The summed E-state index contributed by atoms with van der Waals surface area (Å²) in [5.41, 5.74) is 0. The van der Waals surface area contributed by atoms with Crippen LogP contribution in [0.1, 0.15) is 19.8 Å². The first-order valence-electron chi connectivity index (χ1n) is 7.18. The summed E-state index contributed by atoms with van der Waals surface area (Å²) < 4.78 is 5.27. The van der Waals surface area contributed by atoms with Crippen LogP contribution in [0.15, 0.2) is 0 Å². The van der Waals surface area contributed by atoms with Crippen molar-refractivity contribution in [3.05, 3.63) is 0 Å². The van der Waals surface area contributed by atoms with Crippen molar-refractivity contribution in [2.45, 2.75) is 19.8 Å². The van der Waals surface area contributed by atoms with Crippen LogP contribution in [-0.4, -0.2) is 79.4 Å². The normalized spacial score (nSPS) is 15.8. The molecule has 0 bridgehead atoms. The Hall–Kier alpha value is -1.34. The molecule has 7 heteroatoms. The Kier molecular flexibility index (Phi) is 7.98. The predicted octanol–water partition coefficient (Wildman–Crippen LogP) is 0.215. The summed E-state index contributed by atoms with van der Waals surface area (Å²) in [4.78, 5) is 26.2. The van der Waals surface area contributed by atoms with Crippen molar-refractivity contribution in [1.29, 1.82) is 0 Å². The van der Waals surface area contributed by atoms with Gasteiger partial charge in [-0.05, 0) is 19.4 Å². The van der Waals surface area contributed by atoms with E-state index in [-0.39, 0.29) is 12.6 Å². The number of aliphatic carboxylic acids is 1. The molecular formula is C13H25N3O4. The molecule has 1 aliphatic rings. The van der Waals surface area contributed by atoms with Gasteiger partial charge in [-0.1, -0.05) is 6.92 Å². The Bertz CT molecular complexity index is 306. The topological polar surface area (TPSA) is 82.1 Å². The average molecular weight is 287 g/mol. The third-order valence-electron chi connectivity index (χ3n) is 3.14. The predicted molar refractivity (Wildman–Crippen MR) is 74.8 cm³/mol. The molecule has 1 saturated heterocycles. The van der Waals surface area contributed by atoms with E-state index in [0.29, 0.717) is 13.1 Å². The van der Waals surface area contributed by atoms with E-state index in [1.165, 1.54) is 4.90 Å². The highest BCUT2D eigenvalue weighted by Gasteiger charge is 2.15. The number of nitrogens with one attached hydrogen (secondary N) is 1. The van der Waals surface area contributed by atoms with Crippen LogP contribution < -0.4 is 5.32 Å². The van der Waals surface area contributed by atoms with Crippen molar-refractivity contribution < 1.29 is 19.4 Å². The molecule has 2 amide bonds. The Balaban J connectivity index is 2.17. The lowest BCUT2D eigenvalue weighted by Gasteiger charge is -2.26. The Morgan fingerprint density at radius 1 is 1.35 bits per heavy atom. The van der Waals surface area contributed by atoms with E-state index in [9.17, 15) is 9.59 Å². The van der Waals surface area contributed by atoms with E-state index in [4.69, 9.17) is 9.84 Å². The third-order valence-corrected chi connectivity index (χ3v) is 3.14. The van der Waals surface area contributed by atoms with E-state index in [1.54, 1.807) is 0 Å². The van der Waals surface area contributed by atoms with Crippen molar-refractivity contribution in [1.82, 2.24) is 15.1 Å². The maximum atomic E-state index is 11.8. The summed E-state index contributed by atoms with van der Waals surface area (Å²) in [5, 5.41) is 11.5. The lowest BCUT2D eigenvalue weighted by Crippen LogP contribution is -2.44. The zero-order chi connectivity index (χ0) is 14.8. The fourth-order valence-electron chi connectivity index (χ4n) is 2.12. The van der Waals surface area contributed by atoms with Crippen molar-refractivity contribution in [2.75, 3.05) is 52.5 Å². The molecule has 0 unspecified atom stereocenters. The summed E-state index contributed by atoms with van der Waals surface area (Å²) in [5.74, 6) is -0.984. The van der Waals surface area contributed by atoms with Gasteiger partial charge >= 0.3 is 12.0 Å². The van der Waals surface area contributed by atoms with Gasteiger partial charge in [0.25, 0.3) is 0 Å². The van der Waals surface area contributed by atoms with Crippen LogP contribution in [-0.2, 0) is 9.53 Å². The smallest absolute Gasteiger partial charge is 0.323 e. The van der Waals surface area contributed by atoms with Crippen molar-refractivity contribution in [3.8, 4) is 0 Å². The highest BCUT2D eigenvalue weighted by Crippen LogP contribution is 1.98. The Morgan fingerprint density at radius 2 is 2.05 bits per heavy atom. The zero-order valence-corrected chi connectivity index (χ0v) is 12.1. The molecule has 7 nitrogen and oxygen atoms in total. The molecule has 116 valence electrons. The highest BCUT2D eigenvalue weighted by atomic mass is 16.5. The van der Waals surface area contributed by atoms with Gasteiger partial charge in [-0.25, -0.2) is 4.79 Å². The number of carbonyl (C=O) groups is 2. The second-order valence-corrected chi connectivity index (χ2v) is 4.85. The van der Waals surface area contributed by atoms with E-state index in [2.05, 4.69) is 10.2 Å². The SMILES string of the molecule is CCCN(CC(=O)O)C(=O)NCCCN1CCOCC1. The Labute approximate surface area is 119 Å². The van der Waals surface area contributed by atoms with Gasteiger partial charge in [0.05, 0.1) is 13.2 Å². The molecule has 0 atom stereocenters. The van der Waals surface area contributed by atoms with E-state index in [1.807, 2.05) is 6.92 Å². The monoisotopic (exact) mass is 287 g/mol. The molecule has 0 saturated carbocycles. The largest absolute Gasteiger partial charge is 0.480 e. The van der Waals surface area contributed by atoms with Gasteiger partial charge in [-0.3, -0.25) is 9.69 Å². The van der Waals surface area contributed by atoms with E-state index in [0.717, 1.165) is 45.7 Å². The van der Waals surface area contributed by atoms with Crippen LogP contribution in [0.25, 0.3) is 0 Å². The number of hydrogen-bond donors (Lipinski definition) is 2.